The maximum atomic E-state index is 9.29. The van der Waals surface area contributed by atoms with Gasteiger partial charge in [0, 0.05) is 35.7 Å². The van der Waals surface area contributed by atoms with E-state index in [1.807, 2.05) is 30.3 Å². The quantitative estimate of drug-likeness (QED) is 0.652. The van der Waals surface area contributed by atoms with E-state index in [4.69, 9.17) is 23.2 Å². The lowest BCUT2D eigenvalue weighted by Gasteiger charge is -2.34. The van der Waals surface area contributed by atoms with E-state index in [0.717, 1.165) is 60.2 Å². The van der Waals surface area contributed by atoms with Crippen molar-refractivity contribution in [3.05, 3.63) is 52.8 Å². The van der Waals surface area contributed by atoms with Crippen molar-refractivity contribution in [1.82, 2.24) is 9.97 Å². The zero-order valence-electron chi connectivity index (χ0n) is 14.9. The van der Waals surface area contributed by atoms with Gasteiger partial charge in [-0.25, -0.2) is 9.97 Å². The molecule has 3 aromatic rings. The zero-order chi connectivity index (χ0) is 18.8. The Kier molecular flexibility index (Phi) is 5.48. The fourth-order valence-electron chi connectivity index (χ4n) is 3.84. The second-order valence-electron chi connectivity index (χ2n) is 7.02. The van der Waals surface area contributed by atoms with Gasteiger partial charge in [-0.1, -0.05) is 35.3 Å². The van der Waals surface area contributed by atoms with Crippen molar-refractivity contribution in [2.75, 3.05) is 24.6 Å². The molecule has 6 heteroatoms. The van der Waals surface area contributed by atoms with Crippen LogP contribution in [0.15, 0.2) is 42.7 Å². The molecule has 1 aliphatic rings. The third-order valence-electron chi connectivity index (χ3n) is 5.21. The summed E-state index contributed by atoms with van der Waals surface area (Å²) in [4.78, 5) is 11.3. The van der Waals surface area contributed by atoms with Crippen LogP contribution >= 0.6 is 23.2 Å². The minimum Gasteiger partial charge on any atom is -0.396 e. The molecule has 1 atom stereocenters. The van der Waals surface area contributed by atoms with Gasteiger partial charge in [-0.05, 0) is 55.0 Å². The number of rotatable bonds is 4. The Hall–Kier alpha value is -1.88. The molecule has 1 unspecified atom stereocenters. The maximum Gasteiger partial charge on any atom is 0.139 e. The van der Waals surface area contributed by atoms with E-state index in [1.165, 1.54) is 0 Å². The first-order chi connectivity index (χ1) is 13.2. The number of nitrogens with zero attached hydrogens (tertiary/aromatic N) is 3. The Balaban J connectivity index is 1.77. The average molecular weight is 402 g/mol. The Bertz CT molecular complexity index is 944. The Morgan fingerprint density at radius 2 is 1.93 bits per heavy atom. The van der Waals surface area contributed by atoms with E-state index < -0.39 is 0 Å². The van der Waals surface area contributed by atoms with Crippen LogP contribution in [0, 0.1) is 5.92 Å². The van der Waals surface area contributed by atoms with Crippen LogP contribution in [-0.4, -0.2) is 34.8 Å². The first-order valence-electron chi connectivity index (χ1n) is 9.21. The van der Waals surface area contributed by atoms with Gasteiger partial charge in [-0.15, -0.1) is 0 Å². The molecule has 1 saturated heterocycles. The van der Waals surface area contributed by atoms with E-state index in [1.54, 1.807) is 6.33 Å². The highest BCUT2D eigenvalue weighted by molar-refractivity contribution is 6.34. The number of aliphatic hydroxyl groups is 1. The SMILES string of the molecule is OCCC1CCCN(c2ncnc3cc(Cl)c(-c4ccc(Cl)cc4)cc23)C1. The molecule has 1 aliphatic heterocycles. The molecule has 1 fully saturated rings. The summed E-state index contributed by atoms with van der Waals surface area (Å²) in [6, 6.07) is 11.6. The predicted octanol–water partition coefficient (Wildman–Crippen LogP) is 5.20. The lowest BCUT2D eigenvalue weighted by atomic mass is 9.95. The Morgan fingerprint density at radius 1 is 1.11 bits per heavy atom. The monoisotopic (exact) mass is 401 g/mol. The standard InChI is InChI=1S/C21H21Cl2N3O/c22-16-5-3-15(4-6-16)17-10-18-20(11-19(17)23)24-13-25-21(18)26-8-1-2-14(12-26)7-9-27/h3-6,10-11,13-14,27H,1-2,7-9,12H2. The molecule has 0 radical (unpaired) electrons. The summed E-state index contributed by atoms with van der Waals surface area (Å²) in [6.07, 6.45) is 4.70. The second-order valence-corrected chi connectivity index (χ2v) is 7.86. The molecular formula is C21H21Cl2N3O. The lowest BCUT2D eigenvalue weighted by Crippen LogP contribution is -2.36. The molecule has 1 N–H and O–H groups in total. The number of anilines is 1. The van der Waals surface area contributed by atoms with Gasteiger partial charge < -0.3 is 10.0 Å². The van der Waals surface area contributed by atoms with E-state index >= 15 is 0 Å². The fourth-order valence-corrected chi connectivity index (χ4v) is 4.24. The second kappa shape index (κ2) is 8.01. The summed E-state index contributed by atoms with van der Waals surface area (Å²) in [5.41, 5.74) is 2.80. The van der Waals surface area contributed by atoms with E-state index in [-0.39, 0.29) is 6.61 Å². The molecule has 4 nitrogen and oxygen atoms in total. The van der Waals surface area contributed by atoms with Crippen molar-refractivity contribution >= 4 is 39.9 Å². The molecule has 0 spiro atoms. The summed E-state index contributed by atoms with van der Waals surface area (Å²) in [7, 11) is 0. The van der Waals surface area contributed by atoms with Crippen LogP contribution in [-0.2, 0) is 0 Å². The number of aromatic nitrogens is 2. The fraction of sp³-hybridized carbons (Fsp3) is 0.333. The van der Waals surface area contributed by atoms with Crippen molar-refractivity contribution in [1.29, 1.82) is 0 Å². The topological polar surface area (TPSA) is 49.2 Å². The highest BCUT2D eigenvalue weighted by Crippen LogP contribution is 2.36. The summed E-state index contributed by atoms with van der Waals surface area (Å²) < 4.78 is 0. The van der Waals surface area contributed by atoms with Crippen LogP contribution in [0.3, 0.4) is 0 Å². The van der Waals surface area contributed by atoms with Gasteiger partial charge >= 0.3 is 0 Å². The van der Waals surface area contributed by atoms with Gasteiger partial charge in [0.1, 0.15) is 12.1 Å². The first-order valence-corrected chi connectivity index (χ1v) is 9.97. The summed E-state index contributed by atoms with van der Waals surface area (Å²) in [5, 5.41) is 11.6. The number of hydrogen-bond donors (Lipinski definition) is 1. The minimum absolute atomic E-state index is 0.235. The third kappa shape index (κ3) is 3.88. The highest BCUT2D eigenvalue weighted by Gasteiger charge is 2.22. The van der Waals surface area contributed by atoms with Gasteiger partial charge in [0.2, 0.25) is 0 Å². The maximum absolute atomic E-state index is 9.29. The highest BCUT2D eigenvalue weighted by atomic mass is 35.5. The lowest BCUT2D eigenvalue weighted by molar-refractivity contribution is 0.244. The summed E-state index contributed by atoms with van der Waals surface area (Å²) in [5.74, 6) is 1.44. The van der Waals surface area contributed by atoms with Crippen LogP contribution in [0.5, 0.6) is 0 Å². The number of aliphatic hydroxyl groups excluding tert-OH is 1. The van der Waals surface area contributed by atoms with Gasteiger partial charge in [0.25, 0.3) is 0 Å². The molecule has 1 aromatic heterocycles. The average Bonchev–Trinajstić information content (AvgIpc) is 2.68. The normalized spacial score (nSPS) is 17.4. The van der Waals surface area contributed by atoms with Crippen molar-refractivity contribution < 1.29 is 5.11 Å². The minimum atomic E-state index is 0.235. The smallest absolute Gasteiger partial charge is 0.139 e. The number of fused-ring (bicyclic) bond motifs is 1. The zero-order valence-corrected chi connectivity index (χ0v) is 16.4. The molecule has 0 amide bonds. The third-order valence-corrected chi connectivity index (χ3v) is 5.78. The van der Waals surface area contributed by atoms with Crippen molar-refractivity contribution in [2.24, 2.45) is 5.92 Å². The van der Waals surface area contributed by atoms with Crippen molar-refractivity contribution in [2.45, 2.75) is 19.3 Å². The van der Waals surface area contributed by atoms with Crippen molar-refractivity contribution in [3.8, 4) is 11.1 Å². The van der Waals surface area contributed by atoms with E-state index in [2.05, 4.69) is 20.9 Å². The van der Waals surface area contributed by atoms with Gasteiger partial charge in [0.05, 0.1) is 10.5 Å². The number of hydrogen-bond acceptors (Lipinski definition) is 4. The predicted molar refractivity (Wildman–Crippen MR) is 112 cm³/mol. The molecule has 27 heavy (non-hydrogen) atoms. The molecule has 0 saturated carbocycles. The van der Waals surface area contributed by atoms with Crippen LogP contribution in [0.4, 0.5) is 5.82 Å². The molecule has 0 bridgehead atoms. The number of piperidine rings is 1. The number of halogens is 2. The van der Waals surface area contributed by atoms with E-state index in [0.29, 0.717) is 16.0 Å². The van der Waals surface area contributed by atoms with Crippen molar-refractivity contribution in [3.63, 3.8) is 0 Å². The molecule has 140 valence electrons. The largest absolute Gasteiger partial charge is 0.396 e. The van der Waals surface area contributed by atoms with Crippen LogP contribution in [0.25, 0.3) is 22.0 Å². The molecule has 2 heterocycles. The molecule has 4 rings (SSSR count). The van der Waals surface area contributed by atoms with Crippen LogP contribution in [0.1, 0.15) is 19.3 Å². The summed E-state index contributed by atoms with van der Waals surface area (Å²) >= 11 is 12.6. The molecule has 0 aliphatic carbocycles. The number of benzene rings is 2. The Morgan fingerprint density at radius 3 is 2.70 bits per heavy atom. The summed E-state index contributed by atoms with van der Waals surface area (Å²) in [6.45, 7) is 2.11. The van der Waals surface area contributed by atoms with Gasteiger partial charge in [-0.3, -0.25) is 0 Å². The first kappa shape index (κ1) is 18.5. The molecular weight excluding hydrogens is 381 g/mol. The molecule has 2 aromatic carbocycles. The van der Waals surface area contributed by atoms with Crippen LogP contribution in [0.2, 0.25) is 10.0 Å². The van der Waals surface area contributed by atoms with E-state index in [9.17, 15) is 5.11 Å². The van der Waals surface area contributed by atoms with Crippen LogP contribution < -0.4 is 4.90 Å². The van der Waals surface area contributed by atoms with Gasteiger partial charge in [-0.2, -0.15) is 0 Å². The Labute approximate surface area is 168 Å². The van der Waals surface area contributed by atoms with Gasteiger partial charge in [0.15, 0.2) is 0 Å².